The monoisotopic (exact) mass is 371 g/mol. The average molecular weight is 372 g/mol. The van der Waals surface area contributed by atoms with Crippen LogP contribution in [0.2, 0.25) is 0 Å². The van der Waals surface area contributed by atoms with Gasteiger partial charge in [0, 0.05) is 11.8 Å². The number of rotatable bonds is 2. The van der Waals surface area contributed by atoms with Crippen molar-refractivity contribution in [3.63, 3.8) is 0 Å². The van der Waals surface area contributed by atoms with Crippen molar-refractivity contribution in [3.05, 3.63) is 11.6 Å². The van der Waals surface area contributed by atoms with E-state index in [2.05, 4.69) is 25.2 Å². The number of hydrogen-bond donors (Lipinski definition) is 2. The van der Waals surface area contributed by atoms with Gasteiger partial charge in [0.05, 0.1) is 6.10 Å². The Balaban J connectivity index is 1.36. The van der Waals surface area contributed by atoms with Crippen molar-refractivity contribution < 1.29 is 9.90 Å². The first-order valence-electron chi connectivity index (χ1n) is 11.5. The van der Waals surface area contributed by atoms with E-state index >= 15 is 0 Å². The predicted octanol–water partition coefficient (Wildman–Crippen LogP) is 4.10. The van der Waals surface area contributed by atoms with Crippen molar-refractivity contribution in [1.29, 1.82) is 0 Å². The number of fused-ring (bicyclic) bond motifs is 5. The lowest BCUT2D eigenvalue weighted by Crippen LogP contribution is -2.57. The smallest absolute Gasteiger partial charge is 0.139 e. The third-order valence-electron chi connectivity index (χ3n) is 9.89. The molecule has 1 aliphatic heterocycles. The molecule has 1 saturated heterocycles. The Labute approximate surface area is 164 Å². The van der Waals surface area contributed by atoms with Gasteiger partial charge in [0.25, 0.3) is 0 Å². The number of carbonyl (C=O) groups is 1. The first-order chi connectivity index (χ1) is 12.9. The Bertz CT molecular complexity index is 653. The molecule has 3 heteroatoms. The number of aliphatic hydroxyl groups excluding tert-OH is 1. The number of aliphatic hydroxyl groups is 1. The highest BCUT2D eigenvalue weighted by molar-refractivity contribution is 5.87. The second-order valence-electron chi connectivity index (χ2n) is 11.0. The first-order valence-corrected chi connectivity index (χ1v) is 11.5. The summed E-state index contributed by atoms with van der Waals surface area (Å²) in [5.41, 5.74) is 1.80. The van der Waals surface area contributed by atoms with Crippen LogP contribution in [-0.2, 0) is 4.79 Å². The number of nitrogens with one attached hydrogen (secondary N) is 1. The number of hydrogen-bond acceptors (Lipinski definition) is 3. The van der Waals surface area contributed by atoms with Gasteiger partial charge in [0.15, 0.2) is 0 Å². The summed E-state index contributed by atoms with van der Waals surface area (Å²) in [5.74, 6) is 3.58. The zero-order valence-electron chi connectivity index (χ0n) is 17.2. The highest BCUT2D eigenvalue weighted by Crippen LogP contribution is 2.65. The second kappa shape index (κ2) is 6.42. The van der Waals surface area contributed by atoms with Crippen molar-refractivity contribution in [2.24, 2.45) is 40.4 Å². The molecule has 0 aromatic rings. The van der Waals surface area contributed by atoms with Crippen LogP contribution in [0.5, 0.6) is 0 Å². The summed E-state index contributed by atoms with van der Waals surface area (Å²) in [6.45, 7) is 7.08. The van der Waals surface area contributed by atoms with Gasteiger partial charge in [0.1, 0.15) is 5.78 Å². The van der Waals surface area contributed by atoms with E-state index < -0.39 is 0 Å². The van der Waals surface area contributed by atoms with Gasteiger partial charge < -0.3 is 10.4 Å². The van der Waals surface area contributed by atoms with E-state index in [9.17, 15) is 9.90 Å². The normalized spacial score (nSPS) is 51.4. The minimum atomic E-state index is -0.177. The molecule has 5 fully saturated rings. The standard InChI is InChI=1S/C24H37NO2/c1-23-9-7-15(3-4-16-13-25-14-16)11-20(23)21(26)12-17-18-5-6-22(27)24(18,2)10-8-19(17)23/h3,16-21,25-26H,4-14H2,1-2H3/b15-3-/t17?,18?,19?,20?,21-,23+,24-/m0/s1. The van der Waals surface area contributed by atoms with Gasteiger partial charge in [0.2, 0.25) is 0 Å². The van der Waals surface area contributed by atoms with Crippen molar-refractivity contribution in [1.82, 2.24) is 5.32 Å². The molecule has 0 spiro atoms. The molecule has 3 nitrogen and oxygen atoms in total. The Morgan fingerprint density at radius 2 is 1.93 bits per heavy atom. The summed E-state index contributed by atoms with van der Waals surface area (Å²) in [6.07, 6.45) is 12.2. The van der Waals surface area contributed by atoms with E-state index in [0.29, 0.717) is 29.5 Å². The third kappa shape index (κ3) is 2.71. The fourth-order valence-electron chi connectivity index (χ4n) is 7.95. The third-order valence-corrected chi connectivity index (χ3v) is 9.89. The Kier molecular flexibility index (Phi) is 4.37. The van der Waals surface area contributed by atoms with E-state index in [1.54, 1.807) is 5.57 Å². The summed E-state index contributed by atoms with van der Waals surface area (Å²) >= 11 is 0. The van der Waals surface area contributed by atoms with Crippen LogP contribution in [0.4, 0.5) is 0 Å². The second-order valence-corrected chi connectivity index (χ2v) is 11.0. The van der Waals surface area contributed by atoms with E-state index in [1.807, 2.05) is 0 Å². The van der Waals surface area contributed by atoms with E-state index in [-0.39, 0.29) is 16.9 Å². The van der Waals surface area contributed by atoms with Crippen LogP contribution in [0.1, 0.15) is 71.6 Å². The molecule has 0 aromatic carbocycles. The van der Waals surface area contributed by atoms with Crippen molar-refractivity contribution in [2.45, 2.75) is 77.7 Å². The van der Waals surface area contributed by atoms with Gasteiger partial charge in [-0.1, -0.05) is 25.5 Å². The summed E-state index contributed by atoms with van der Waals surface area (Å²) in [7, 11) is 0. The van der Waals surface area contributed by atoms with E-state index in [1.165, 1.54) is 38.8 Å². The summed E-state index contributed by atoms with van der Waals surface area (Å²) < 4.78 is 0. The molecule has 0 amide bonds. The number of allylic oxidation sites excluding steroid dienone is 2. The Morgan fingerprint density at radius 3 is 2.67 bits per heavy atom. The minimum Gasteiger partial charge on any atom is -0.393 e. The predicted molar refractivity (Wildman–Crippen MR) is 107 cm³/mol. The van der Waals surface area contributed by atoms with Gasteiger partial charge in [-0.15, -0.1) is 0 Å². The number of Topliss-reactive ketones (excluding diaryl/α,β-unsaturated/α-hetero) is 1. The molecule has 4 unspecified atom stereocenters. The molecule has 2 N–H and O–H groups in total. The Morgan fingerprint density at radius 1 is 1.11 bits per heavy atom. The van der Waals surface area contributed by atoms with Gasteiger partial charge >= 0.3 is 0 Å². The highest BCUT2D eigenvalue weighted by atomic mass is 16.3. The van der Waals surface area contributed by atoms with Crippen LogP contribution in [0.15, 0.2) is 11.6 Å². The van der Waals surface area contributed by atoms with Gasteiger partial charge in [-0.05, 0) is 99.5 Å². The molecule has 150 valence electrons. The molecular weight excluding hydrogens is 334 g/mol. The van der Waals surface area contributed by atoms with Crippen molar-refractivity contribution in [3.8, 4) is 0 Å². The molecule has 1 heterocycles. The molecule has 5 rings (SSSR count). The zero-order valence-corrected chi connectivity index (χ0v) is 17.2. The van der Waals surface area contributed by atoms with Crippen LogP contribution in [0.3, 0.4) is 0 Å². The summed E-state index contributed by atoms with van der Waals surface area (Å²) in [6, 6.07) is 0. The van der Waals surface area contributed by atoms with Crippen LogP contribution in [0.25, 0.3) is 0 Å². The molecule has 0 bridgehead atoms. The zero-order chi connectivity index (χ0) is 18.8. The van der Waals surface area contributed by atoms with Crippen LogP contribution < -0.4 is 5.32 Å². The lowest BCUT2D eigenvalue weighted by atomic mass is 9.44. The first kappa shape index (κ1) is 18.4. The maximum absolute atomic E-state index is 12.6. The largest absolute Gasteiger partial charge is 0.393 e. The molecule has 4 saturated carbocycles. The van der Waals surface area contributed by atoms with E-state index in [4.69, 9.17) is 0 Å². The molecular formula is C24H37NO2. The lowest BCUT2D eigenvalue weighted by molar-refractivity contribution is -0.155. The topological polar surface area (TPSA) is 49.3 Å². The Hall–Kier alpha value is -0.670. The fourth-order valence-corrected chi connectivity index (χ4v) is 7.95. The average Bonchev–Trinajstić information content (AvgIpc) is 2.90. The van der Waals surface area contributed by atoms with Crippen molar-refractivity contribution in [2.75, 3.05) is 13.1 Å². The van der Waals surface area contributed by atoms with Gasteiger partial charge in [-0.25, -0.2) is 0 Å². The maximum Gasteiger partial charge on any atom is 0.139 e. The quantitative estimate of drug-likeness (QED) is 0.718. The maximum atomic E-state index is 12.6. The molecule has 4 aliphatic carbocycles. The molecule has 0 radical (unpaired) electrons. The summed E-state index contributed by atoms with van der Waals surface area (Å²) in [4.78, 5) is 12.6. The molecule has 0 aromatic heterocycles. The van der Waals surface area contributed by atoms with Gasteiger partial charge in [-0.3, -0.25) is 4.79 Å². The van der Waals surface area contributed by atoms with Crippen LogP contribution in [0, 0.1) is 40.4 Å². The van der Waals surface area contributed by atoms with E-state index in [0.717, 1.165) is 38.0 Å². The molecule has 7 atom stereocenters. The number of carbonyl (C=O) groups excluding carboxylic acids is 1. The van der Waals surface area contributed by atoms with Crippen LogP contribution in [-0.4, -0.2) is 30.1 Å². The molecule has 5 aliphatic rings. The fraction of sp³-hybridized carbons (Fsp3) is 0.875. The van der Waals surface area contributed by atoms with Crippen LogP contribution >= 0.6 is 0 Å². The minimum absolute atomic E-state index is 0.0827. The SMILES string of the molecule is C[C@]12CC/C(=C/CC3CNC3)CC1[C@@H](O)CC1C2CC[C@]2(C)C(=O)CCC12. The summed E-state index contributed by atoms with van der Waals surface area (Å²) in [5, 5.41) is 14.6. The van der Waals surface area contributed by atoms with Crippen molar-refractivity contribution >= 4 is 5.78 Å². The lowest BCUT2D eigenvalue weighted by Gasteiger charge is -2.61. The van der Waals surface area contributed by atoms with Gasteiger partial charge in [-0.2, -0.15) is 0 Å². The molecule has 27 heavy (non-hydrogen) atoms. The highest BCUT2D eigenvalue weighted by Gasteiger charge is 2.61. The number of ketones is 1.